The maximum absolute atomic E-state index is 12.5. The predicted molar refractivity (Wildman–Crippen MR) is 96.0 cm³/mol. The number of benzene rings is 2. The third kappa shape index (κ3) is 4.93. The van der Waals surface area contributed by atoms with Gasteiger partial charge >= 0.3 is 0 Å². The number of sulfone groups is 1. The quantitative estimate of drug-likeness (QED) is 0.875. The van der Waals surface area contributed by atoms with Gasteiger partial charge in [0.1, 0.15) is 0 Å². The van der Waals surface area contributed by atoms with Crippen LogP contribution >= 0.6 is 0 Å². The van der Waals surface area contributed by atoms with Gasteiger partial charge in [0.2, 0.25) is 0 Å². The molecule has 1 atom stereocenters. The second-order valence-electron chi connectivity index (χ2n) is 6.15. The lowest BCUT2D eigenvalue weighted by Gasteiger charge is -2.15. The van der Waals surface area contributed by atoms with Gasteiger partial charge in [0.05, 0.1) is 4.90 Å². The fourth-order valence-corrected chi connectivity index (χ4v) is 3.13. The van der Waals surface area contributed by atoms with Crippen LogP contribution in [0.2, 0.25) is 0 Å². The zero-order valence-corrected chi connectivity index (χ0v) is 15.1. The number of aryl methyl sites for hydroxylation is 2. The molecule has 0 heterocycles. The Morgan fingerprint density at radius 3 is 2.42 bits per heavy atom. The highest BCUT2D eigenvalue weighted by atomic mass is 32.2. The van der Waals surface area contributed by atoms with Crippen molar-refractivity contribution in [3.63, 3.8) is 0 Å². The molecule has 128 valence electrons. The van der Waals surface area contributed by atoms with Crippen molar-refractivity contribution in [2.45, 2.75) is 37.6 Å². The van der Waals surface area contributed by atoms with E-state index in [1.165, 1.54) is 17.7 Å². The Balaban J connectivity index is 2.04. The first-order valence-corrected chi connectivity index (χ1v) is 9.82. The van der Waals surface area contributed by atoms with Crippen LogP contribution in [0.15, 0.2) is 53.4 Å². The fourth-order valence-electron chi connectivity index (χ4n) is 2.48. The Morgan fingerprint density at radius 1 is 1.12 bits per heavy atom. The van der Waals surface area contributed by atoms with Crippen molar-refractivity contribution in [2.24, 2.45) is 0 Å². The smallest absolute Gasteiger partial charge is 0.251 e. The summed E-state index contributed by atoms with van der Waals surface area (Å²) in [6.45, 7) is 3.76. The van der Waals surface area contributed by atoms with Gasteiger partial charge in [-0.1, -0.05) is 36.4 Å². The molecule has 0 aliphatic carbocycles. The van der Waals surface area contributed by atoms with Crippen molar-refractivity contribution < 1.29 is 13.2 Å². The van der Waals surface area contributed by atoms with Crippen LogP contribution in [0, 0.1) is 6.92 Å². The number of hydrogen-bond acceptors (Lipinski definition) is 3. The molecule has 2 aromatic rings. The summed E-state index contributed by atoms with van der Waals surface area (Å²) < 4.78 is 23.3. The van der Waals surface area contributed by atoms with Crippen molar-refractivity contribution in [1.29, 1.82) is 0 Å². The monoisotopic (exact) mass is 345 g/mol. The van der Waals surface area contributed by atoms with Gasteiger partial charge in [-0.25, -0.2) is 8.42 Å². The van der Waals surface area contributed by atoms with Crippen molar-refractivity contribution in [1.82, 2.24) is 5.32 Å². The first-order valence-electron chi connectivity index (χ1n) is 7.93. The maximum Gasteiger partial charge on any atom is 0.251 e. The van der Waals surface area contributed by atoms with Crippen LogP contribution in [-0.4, -0.2) is 26.6 Å². The average Bonchev–Trinajstić information content (AvgIpc) is 2.53. The van der Waals surface area contributed by atoms with E-state index >= 15 is 0 Å². The Hall–Kier alpha value is -2.14. The van der Waals surface area contributed by atoms with Gasteiger partial charge in [0.15, 0.2) is 9.84 Å². The molecule has 0 radical (unpaired) electrons. The molecule has 2 aromatic carbocycles. The molecule has 0 aromatic heterocycles. The highest BCUT2D eigenvalue weighted by molar-refractivity contribution is 7.90. The molecule has 0 saturated carbocycles. The first-order chi connectivity index (χ1) is 11.3. The van der Waals surface area contributed by atoms with Gasteiger partial charge in [-0.15, -0.1) is 0 Å². The summed E-state index contributed by atoms with van der Waals surface area (Å²) in [5.41, 5.74) is 2.40. The molecule has 0 aliphatic rings. The largest absolute Gasteiger partial charge is 0.350 e. The highest BCUT2D eigenvalue weighted by Crippen LogP contribution is 2.16. The summed E-state index contributed by atoms with van der Waals surface area (Å²) in [6.07, 6.45) is 2.84. The summed E-state index contributed by atoms with van der Waals surface area (Å²) in [5.74, 6) is -0.237. The summed E-state index contributed by atoms with van der Waals surface area (Å²) in [6, 6.07) is 14.7. The number of hydrogen-bond donors (Lipinski definition) is 1. The van der Waals surface area contributed by atoms with Crippen molar-refractivity contribution in [3.8, 4) is 0 Å². The number of carbonyl (C=O) groups is 1. The van der Waals surface area contributed by atoms with Crippen LogP contribution < -0.4 is 5.32 Å². The molecule has 4 nitrogen and oxygen atoms in total. The number of nitrogens with one attached hydrogen (secondary N) is 1. The summed E-state index contributed by atoms with van der Waals surface area (Å²) in [5, 5.41) is 2.95. The molecular weight excluding hydrogens is 322 g/mol. The Bertz CT molecular complexity index is 814. The van der Waals surface area contributed by atoms with Crippen LogP contribution in [0.3, 0.4) is 0 Å². The van der Waals surface area contributed by atoms with E-state index < -0.39 is 9.84 Å². The lowest BCUT2D eigenvalue weighted by atomic mass is 10.0. The van der Waals surface area contributed by atoms with Crippen LogP contribution in [0.4, 0.5) is 0 Å². The van der Waals surface area contributed by atoms with E-state index in [1.807, 2.05) is 25.1 Å². The lowest BCUT2D eigenvalue weighted by molar-refractivity contribution is 0.0937. The van der Waals surface area contributed by atoms with E-state index in [9.17, 15) is 13.2 Å². The lowest BCUT2D eigenvalue weighted by Crippen LogP contribution is -2.33. The molecule has 0 aliphatic heterocycles. The molecule has 24 heavy (non-hydrogen) atoms. The van der Waals surface area contributed by atoms with E-state index in [4.69, 9.17) is 0 Å². The van der Waals surface area contributed by atoms with Gasteiger partial charge in [-0.3, -0.25) is 4.79 Å². The van der Waals surface area contributed by atoms with E-state index in [0.717, 1.165) is 24.7 Å². The maximum atomic E-state index is 12.5. The molecule has 1 amide bonds. The fraction of sp³-hybridized carbons (Fsp3) is 0.316. The van der Waals surface area contributed by atoms with Crippen molar-refractivity contribution in [3.05, 3.63) is 65.2 Å². The summed E-state index contributed by atoms with van der Waals surface area (Å²) in [4.78, 5) is 12.6. The van der Waals surface area contributed by atoms with Gasteiger partial charge in [0.25, 0.3) is 5.91 Å². The molecule has 0 unspecified atom stereocenters. The molecule has 0 bridgehead atoms. The molecular formula is C19H23NO3S. The molecule has 5 heteroatoms. The second kappa shape index (κ2) is 7.62. The zero-order chi connectivity index (χ0) is 17.7. The van der Waals surface area contributed by atoms with E-state index in [1.54, 1.807) is 13.0 Å². The number of rotatable bonds is 6. The van der Waals surface area contributed by atoms with Crippen LogP contribution in [-0.2, 0) is 16.3 Å². The van der Waals surface area contributed by atoms with Gasteiger partial charge in [-0.2, -0.15) is 0 Å². The van der Waals surface area contributed by atoms with Gasteiger partial charge < -0.3 is 5.32 Å². The summed E-state index contributed by atoms with van der Waals surface area (Å²) >= 11 is 0. The molecule has 0 saturated heterocycles. The van der Waals surface area contributed by atoms with Gasteiger partial charge in [0, 0.05) is 17.9 Å². The third-order valence-corrected chi connectivity index (χ3v) is 5.08. The topological polar surface area (TPSA) is 63.2 Å². The SMILES string of the molecule is Cc1ccc(S(C)(=O)=O)cc1C(=O)N[C@H](C)CCc1ccccc1. The minimum Gasteiger partial charge on any atom is -0.350 e. The number of carbonyl (C=O) groups excluding carboxylic acids is 1. The first kappa shape index (κ1) is 18.2. The standard InChI is InChI=1S/C19H23NO3S/c1-14-9-12-17(24(3,22)23)13-18(14)19(21)20-15(2)10-11-16-7-5-4-6-8-16/h4-9,12-13,15H,10-11H2,1-3H3,(H,20,21)/t15-/m1/s1. The molecule has 1 N–H and O–H groups in total. The van der Waals surface area contributed by atoms with Gasteiger partial charge in [-0.05, 0) is 49.9 Å². The summed E-state index contributed by atoms with van der Waals surface area (Å²) in [7, 11) is -3.33. The van der Waals surface area contributed by atoms with Crippen LogP contribution in [0.25, 0.3) is 0 Å². The normalized spacial score (nSPS) is 12.6. The second-order valence-corrected chi connectivity index (χ2v) is 8.16. The van der Waals surface area contributed by atoms with E-state index in [0.29, 0.717) is 5.56 Å². The highest BCUT2D eigenvalue weighted by Gasteiger charge is 2.16. The minimum absolute atomic E-state index is 0.000930. The predicted octanol–water partition coefficient (Wildman–Crippen LogP) is 3.15. The minimum atomic E-state index is -3.33. The Kier molecular flexibility index (Phi) is 5.78. The molecule has 0 spiro atoms. The van der Waals surface area contributed by atoms with Crippen LogP contribution in [0.1, 0.15) is 34.8 Å². The van der Waals surface area contributed by atoms with Crippen molar-refractivity contribution in [2.75, 3.05) is 6.26 Å². The average molecular weight is 345 g/mol. The van der Waals surface area contributed by atoms with Crippen molar-refractivity contribution >= 4 is 15.7 Å². The molecule has 2 rings (SSSR count). The molecule has 0 fully saturated rings. The Labute approximate surface area is 143 Å². The van der Waals surface area contributed by atoms with Crippen LogP contribution in [0.5, 0.6) is 0 Å². The number of amides is 1. The van der Waals surface area contributed by atoms with E-state index in [2.05, 4.69) is 17.4 Å². The Morgan fingerprint density at radius 2 is 1.79 bits per heavy atom. The zero-order valence-electron chi connectivity index (χ0n) is 14.2. The third-order valence-electron chi connectivity index (χ3n) is 3.97. The van der Waals surface area contributed by atoms with E-state index in [-0.39, 0.29) is 16.8 Å².